The molecule has 33 heavy (non-hydrogen) atoms. The maximum atomic E-state index is 12.9. The Morgan fingerprint density at radius 1 is 1.24 bits per heavy atom. The van der Waals surface area contributed by atoms with Gasteiger partial charge in [0.25, 0.3) is 0 Å². The Kier molecular flexibility index (Phi) is 16.4. The molecule has 0 spiro atoms. The highest BCUT2D eigenvalue weighted by molar-refractivity contribution is 7.16. The third-order valence-corrected chi connectivity index (χ3v) is 5.42. The molecule has 0 saturated carbocycles. The van der Waals surface area contributed by atoms with E-state index in [1.807, 2.05) is 59.9 Å². The SMILES string of the molecule is CC.C\C=C(CC)/N=C(C)/C(=C\C(=C/C)c1cnc(NC(C)C)s1)C(/C=C\CF)=C/C(C)Cl. The summed E-state index contributed by atoms with van der Waals surface area (Å²) in [6.07, 6.45) is 14.0. The Bertz CT molecular complexity index is 887. The molecule has 1 heterocycles. The molecule has 1 rings (SSSR count). The smallest absolute Gasteiger partial charge is 0.183 e. The van der Waals surface area contributed by atoms with Crippen LogP contribution in [0.15, 0.2) is 64.5 Å². The van der Waals surface area contributed by atoms with E-state index in [0.29, 0.717) is 6.04 Å². The molecule has 0 saturated heterocycles. The van der Waals surface area contributed by atoms with Gasteiger partial charge in [-0.3, -0.25) is 4.99 Å². The Labute approximate surface area is 210 Å². The summed E-state index contributed by atoms with van der Waals surface area (Å²) < 4.78 is 12.9. The van der Waals surface area contributed by atoms with E-state index in [2.05, 4.69) is 43.2 Å². The predicted octanol–water partition coefficient (Wildman–Crippen LogP) is 9.17. The van der Waals surface area contributed by atoms with Gasteiger partial charge < -0.3 is 5.32 Å². The molecule has 1 atom stereocenters. The topological polar surface area (TPSA) is 37.3 Å². The minimum absolute atomic E-state index is 0.206. The Morgan fingerprint density at radius 3 is 2.39 bits per heavy atom. The molecule has 0 amide bonds. The Morgan fingerprint density at radius 2 is 1.91 bits per heavy atom. The summed E-state index contributed by atoms with van der Waals surface area (Å²) in [5, 5.41) is 4.02. The lowest BCUT2D eigenvalue weighted by Gasteiger charge is -2.13. The fourth-order valence-corrected chi connectivity index (χ4v) is 3.99. The van der Waals surface area contributed by atoms with Crippen molar-refractivity contribution < 1.29 is 4.39 Å². The number of allylic oxidation sites excluding steroid dienone is 10. The van der Waals surface area contributed by atoms with Gasteiger partial charge in [-0.2, -0.15) is 0 Å². The predicted molar refractivity (Wildman–Crippen MR) is 150 cm³/mol. The van der Waals surface area contributed by atoms with Crippen molar-refractivity contribution in [3.8, 4) is 0 Å². The molecule has 6 heteroatoms. The number of alkyl halides is 2. The summed E-state index contributed by atoms with van der Waals surface area (Å²) in [5.74, 6) is 0. The highest BCUT2D eigenvalue weighted by atomic mass is 35.5. The molecule has 184 valence electrons. The monoisotopic (exact) mass is 493 g/mol. The molecule has 1 unspecified atom stereocenters. The van der Waals surface area contributed by atoms with Gasteiger partial charge in [0.1, 0.15) is 6.67 Å². The van der Waals surface area contributed by atoms with Crippen LogP contribution in [-0.2, 0) is 0 Å². The summed E-state index contributed by atoms with van der Waals surface area (Å²) in [5.41, 5.74) is 4.63. The lowest BCUT2D eigenvalue weighted by atomic mass is 9.96. The molecular weight excluding hydrogens is 453 g/mol. The molecule has 0 aliphatic rings. The second kappa shape index (κ2) is 17.5. The second-order valence-electron chi connectivity index (χ2n) is 7.32. The van der Waals surface area contributed by atoms with E-state index in [1.165, 1.54) is 6.08 Å². The third kappa shape index (κ3) is 11.6. The fraction of sp³-hybridized carbons (Fsp3) is 0.481. The standard InChI is InChI=1S/C25H35ClFN3S.C2H6/c1-8-20(24-16-28-25(31-24)29-17(4)5)15-23(19(7)30-22(9-2)10-3)21(12-11-13-27)14-18(6)26;1-2/h8-9,11-12,14-18H,10,13H2,1-7H3,(H,28,29);1-2H3/b12-11-,20-8+,21-14+,22-9-,23-15+,30-19+;. The van der Waals surface area contributed by atoms with Crippen molar-refractivity contribution in [2.45, 2.75) is 80.2 Å². The van der Waals surface area contributed by atoms with Crippen LogP contribution in [0, 0.1) is 0 Å². The quantitative estimate of drug-likeness (QED) is 0.189. The minimum atomic E-state index is -0.540. The van der Waals surface area contributed by atoms with Gasteiger partial charge in [-0.05, 0) is 65.2 Å². The average Bonchev–Trinajstić information content (AvgIpc) is 3.24. The number of aliphatic imine (C=N–C) groups is 1. The van der Waals surface area contributed by atoms with Crippen molar-refractivity contribution in [1.82, 2.24) is 4.98 Å². The van der Waals surface area contributed by atoms with Crippen LogP contribution in [0.4, 0.5) is 9.52 Å². The number of anilines is 1. The van der Waals surface area contributed by atoms with Gasteiger partial charge in [0.15, 0.2) is 5.13 Å². The molecule has 1 aromatic heterocycles. The van der Waals surface area contributed by atoms with Crippen LogP contribution < -0.4 is 5.32 Å². The third-order valence-electron chi connectivity index (χ3n) is 4.32. The van der Waals surface area contributed by atoms with Gasteiger partial charge in [0, 0.05) is 34.6 Å². The van der Waals surface area contributed by atoms with Crippen LogP contribution in [0.3, 0.4) is 0 Å². The van der Waals surface area contributed by atoms with Crippen LogP contribution >= 0.6 is 22.9 Å². The summed E-state index contributed by atoms with van der Waals surface area (Å²) in [7, 11) is 0. The zero-order chi connectivity index (χ0) is 25.4. The number of hydrogen-bond acceptors (Lipinski definition) is 4. The van der Waals surface area contributed by atoms with Gasteiger partial charge in [0.05, 0.1) is 4.88 Å². The van der Waals surface area contributed by atoms with Gasteiger partial charge in [-0.1, -0.05) is 62.5 Å². The molecule has 0 bridgehead atoms. The Hall–Kier alpha value is -1.98. The van der Waals surface area contributed by atoms with Crippen molar-refractivity contribution in [1.29, 1.82) is 0 Å². The zero-order valence-electron chi connectivity index (χ0n) is 21.7. The second-order valence-corrected chi connectivity index (χ2v) is 9.04. The van der Waals surface area contributed by atoms with E-state index in [9.17, 15) is 4.39 Å². The first-order chi connectivity index (χ1) is 15.7. The molecule has 0 fully saturated rings. The first kappa shape index (κ1) is 31.0. The molecule has 0 aliphatic heterocycles. The minimum Gasteiger partial charge on any atom is -0.359 e. The first-order valence-corrected chi connectivity index (χ1v) is 12.9. The van der Waals surface area contributed by atoms with Crippen LogP contribution in [0.1, 0.15) is 73.6 Å². The lowest BCUT2D eigenvalue weighted by molar-refractivity contribution is 0.561. The van der Waals surface area contributed by atoms with E-state index in [-0.39, 0.29) is 5.38 Å². The van der Waals surface area contributed by atoms with Gasteiger partial charge in [-0.25, -0.2) is 9.37 Å². The van der Waals surface area contributed by atoms with Crippen molar-refractivity contribution in [3.05, 3.63) is 64.4 Å². The summed E-state index contributed by atoms with van der Waals surface area (Å²) in [4.78, 5) is 10.4. The van der Waals surface area contributed by atoms with E-state index in [4.69, 9.17) is 16.6 Å². The summed E-state index contributed by atoms with van der Waals surface area (Å²) in [6.45, 7) is 17.6. The maximum Gasteiger partial charge on any atom is 0.183 e. The number of thiazole rings is 1. The number of hydrogen-bond donors (Lipinski definition) is 1. The normalized spacial score (nSPS) is 15.1. The molecule has 0 radical (unpaired) electrons. The fourth-order valence-electron chi connectivity index (χ4n) is 2.85. The molecule has 1 N–H and O–H groups in total. The number of rotatable bonds is 11. The Balaban J connectivity index is 0.00000497. The first-order valence-electron chi connectivity index (χ1n) is 11.7. The van der Waals surface area contributed by atoms with Crippen molar-refractivity contribution in [2.75, 3.05) is 12.0 Å². The lowest BCUT2D eigenvalue weighted by Crippen LogP contribution is -2.08. The van der Waals surface area contributed by atoms with Crippen LogP contribution in [-0.4, -0.2) is 28.8 Å². The van der Waals surface area contributed by atoms with E-state index in [1.54, 1.807) is 17.4 Å². The van der Waals surface area contributed by atoms with E-state index in [0.717, 1.165) is 44.6 Å². The molecular formula is C27H41ClFN3S. The molecule has 0 aliphatic carbocycles. The number of halogens is 2. The largest absolute Gasteiger partial charge is 0.359 e. The number of aromatic nitrogens is 1. The van der Waals surface area contributed by atoms with E-state index < -0.39 is 6.67 Å². The molecule has 0 aromatic carbocycles. The highest BCUT2D eigenvalue weighted by Gasteiger charge is 2.13. The number of nitrogens with one attached hydrogen (secondary N) is 1. The van der Waals surface area contributed by atoms with Gasteiger partial charge in [0.2, 0.25) is 0 Å². The van der Waals surface area contributed by atoms with Crippen molar-refractivity contribution in [3.63, 3.8) is 0 Å². The van der Waals surface area contributed by atoms with Crippen LogP contribution in [0.2, 0.25) is 0 Å². The van der Waals surface area contributed by atoms with Crippen molar-refractivity contribution in [2.24, 2.45) is 4.99 Å². The van der Waals surface area contributed by atoms with Crippen molar-refractivity contribution >= 4 is 39.4 Å². The van der Waals surface area contributed by atoms with Crippen LogP contribution in [0.5, 0.6) is 0 Å². The zero-order valence-corrected chi connectivity index (χ0v) is 23.2. The highest BCUT2D eigenvalue weighted by Crippen LogP contribution is 2.30. The van der Waals surface area contributed by atoms with E-state index >= 15 is 0 Å². The molecule has 1 aromatic rings. The average molecular weight is 494 g/mol. The summed E-state index contributed by atoms with van der Waals surface area (Å²) >= 11 is 7.89. The summed E-state index contributed by atoms with van der Waals surface area (Å²) in [6, 6.07) is 0.312. The van der Waals surface area contributed by atoms with Gasteiger partial charge >= 0.3 is 0 Å². The van der Waals surface area contributed by atoms with Gasteiger partial charge in [-0.15, -0.1) is 11.6 Å². The number of nitrogens with zero attached hydrogens (tertiary/aromatic N) is 2. The van der Waals surface area contributed by atoms with Crippen LogP contribution in [0.25, 0.3) is 5.57 Å². The molecule has 3 nitrogen and oxygen atoms in total. The maximum absolute atomic E-state index is 12.9.